The van der Waals surface area contributed by atoms with Crippen molar-refractivity contribution in [2.24, 2.45) is 5.92 Å². The first-order chi connectivity index (χ1) is 15.7. The summed E-state index contributed by atoms with van der Waals surface area (Å²) in [6, 6.07) is 13.3. The second kappa shape index (κ2) is 11.0. The molecule has 7 nitrogen and oxygen atoms in total. The van der Waals surface area contributed by atoms with Gasteiger partial charge >= 0.3 is 0 Å². The molecule has 1 fully saturated rings. The van der Waals surface area contributed by atoms with Gasteiger partial charge in [0.25, 0.3) is 5.91 Å². The Morgan fingerprint density at radius 3 is 2.58 bits per heavy atom. The molecule has 33 heavy (non-hydrogen) atoms. The molecule has 1 aliphatic rings. The van der Waals surface area contributed by atoms with Crippen LogP contribution >= 0.6 is 11.6 Å². The Balaban J connectivity index is 1.57. The molecule has 9 heteroatoms. The van der Waals surface area contributed by atoms with Gasteiger partial charge in [0, 0.05) is 36.3 Å². The standard InChI is InChI=1S/C24H28ClN3O4S/c1-3-23(29)27-22-12-14-28(16-17(22)2)33(31,32)21-9-7-19(8-10-21)24(30)26-13-11-18-5-4-6-20(25)15-18/h3-10,15,17,22H,1,11-14,16H2,2H3,(H,26,30)(H,27,29). The topological polar surface area (TPSA) is 95.6 Å². The van der Waals surface area contributed by atoms with Crippen molar-refractivity contribution in [1.82, 2.24) is 14.9 Å². The maximum Gasteiger partial charge on any atom is 0.251 e. The van der Waals surface area contributed by atoms with Crippen molar-refractivity contribution in [2.45, 2.75) is 30.7 Å². The van der Waals surface area contributed by atoms with Crippen LogP contribution in [0.1, 0.15) is 29.3 Å². The highest BCUT2D eigenvalue weighted by Crippen LogP contribution is 2.24. The van der Waals surface area contributed by atoms with Crippen molar-refractivity contribution in [3.63, 3.8) is 0 Å². The van der Waals surface area contributed by atoms with E-state index in [2.05, 4.69) is 17.2 Å². The minimum atomic E-state index is -3.70. The van der Waals surface area contributed by atoms with Crippen LogP contribution in [0.2, 0.25) is 5.02 Å². The number of nitrogens with one attached hydrogen (secondary N) is 2. The number of halogens is 1. The average molecular weight is 490 g/mol. The van der Waals surface area contributed by atoms with Crippen molar-refractivity contribution in [3.05, 3.63) is 77.3 Å². The van der Waals surface area contributed by atoms with Gasteiger partial charge in [-0.2, -0.15) is 4.31 Å². The van der Waals surface area contributed by atoms with Gasteiger partial charge in [-0.05, 0) is 66.8 Å². The molecule has 1 heterocycles. The largest absolute Gasteiger partial charge is 0.352 e. The zero-order valence-corrected chi connectivity index (χ0v) is 20.0. The maximum absolute atomic E-state index is 13.1. The fourth-order valence-corrected chi connectivity index (χ4v) is 5.59. The summed E-state index contributed by atoms with van der Waals surface area (Å²) in [7, 11) is -3.70. The van der Waals surface area contributed by atoms with Crippen LogP contribution < -0.4 is 10.6 Å². The minimum absolute atomic E-state index is 0.0398. The van der Waals surface area contributed by atoms with Crippen LogP contribution in [0, 0.1) is 5.92 Å². The number of carbonyl (C=O) groups excluding carboxylic acids is 2. The van der Waals surface area contributed by atoms with Crippen LogP contribution in [-0.2, 0) is 21.2 Å². The molecule has 0 aromatic heterocycles. The highest BCUT2D eigenvalue weighted by atomic mass is 35.5. The lowest BCUT2D eigenvalue weighted by Gasteiger charge is -2.36. The Bertz CT molecular complexity index is 1120. The van der Waals surface area contributed by atoms with Crippen molar-refractivity contribution < 1.29 is 18.0 Å². The van der Waals surface area contributed by atoms with Gasteiger partial charge in [-0.15, -0.1) is 0 Å². The van der Waals surface area contributed by atoms with Gasteiger partial charge in [0.2, 0.25) is 15.9 Å². The molecule has 2 amide bonds. The van der Waals surface area contributed by atoms with E-state index in [0.717, 1.165) is 5.56 Å². The van der Waals surface area contributed by atoms with Crippen molar-refractivity contribution in [1.29, 1.82) is 0 Å². The zero-order valence-electron chi connectivity index (χ0n) is 18.5. The molecule has 0 radical (unpaired) electrons. The third-order valence-corrected chi connectivity index (χ3v) is 7.84. The Labute approximate surface area is 199 Å². The summed E-state index contributed by atoms with van der Waals surface area (Å²) < 4.78 is 27.6. The van der Waals surface area contributed by atoms with Crippen LogP contribution in [0.15, 0.2) is 66.1 Å². The number of nitrogens with zero attached hydrogens (tertiary/aromatic N) is 1. The summed E-state index contributed by atoms with van der Waals surface area (Å²) in [4.78, 5) is 24.1. The van der Waals surface area contributed by atoms with E-state index < -0.39 is 10.0 Å². The van der Waals surface area contributed by atoms with Crippen LogP contribution in [0.25, 0.3) is 0 Å². The van der Waals surface area contributed by atoms with Crippen molar-refractivity contribution in [2.75, 3.05) is 19.6 Å². The van der Waals surface area contributed by atoms with E-state index in [4.69, 9.17) is 11.6 Å². The van der Waals surface area contributed by atoms with Gasteiger partial charge in [-0.3, -0.25) is 9.59 Å². The lowest BCUT2D eigenvalue weighted by atomic mass is 9.95. The van der Waals surface area contributed by atoms with Crippen LogP contribution in [-0.4, -0.2) is 50.2 Å². The number of piperidine rings is 1. The first kappa shape index (κ1) is 25.0. The molecular formula is C24H28ClN3O4S. The zero-order chi connectivity index (χ0) is 24.0. The molecule has 2 unspecified atom stereocenters. The van der Waals surface area contributed by atoms with Gasteiger partial charge in [-0.1, -0.05) is 37.2 Å². The highest BCUT2D eigenvalue weighted by molar-refractivity contribution is 7.89. The lowest BCUT2D eigenvalue weighted by Crippen LogP contribution is -2.51. The molecule has 0 saturated carbocycles. The monoisotopic (exact) mass is 489 g/mol. The van der Waals surface area contributed by atoms with Gasteiger partial charge in [-0.25, -0.2) is 8.42 Å². The first-order valence-corrected chi connectivity index (χ1v) is 12.6. The highest BCUT2D eigenvalue weighted by Gasteiger charge is 2.34. The second-order valence-corrected chi connectivity index (χ2v) is 10.5. The summed E-state index contributed by atoms with van der Waals surface area (Å²) in [6.07, 6.45) is 2.37. The molecule has 2 aromatic carbocycles. The van der Waals surface area contributed by atoms with Gasteiger partial charge in [0.15, 0.2) is 0 Å². The maximum atomic E-state index is 13.1. The number of hydrogen-bond donors (Lipinski definition) is 2. The van der Waals surface area contributed by atoms with E-state index >= 15 is 0 Å². The van der Waals surface area contributed by atoms with E-state index in [0.29, 0.717) is 43.1 Å². The molecule has 176 valence electrons. The SMILES string of the molecule is C=CC(=O)NC1CCN(S(=O)(=O)c2ccc(C(=O)NCCc3cccc(Cl)c3)cc2)CC1C. The third-order valence-electron chi connectivity index (χ3n) is 5.72. The number of amides is 2. The summed E-state index contributed by atoms with van der Waals surface area (Å²) in [5.74, 6) is -0.570. The van der Waals surface area contributed by atoms with E-state index in [-0.39, 0.29) is 28.7 Å². The molecule has 2 aromatic rings. The number of benzene rings is 2. The van der Waals surface area contributed by atoms with Gasteiger partial charge in [0.05, 0.1) is 4.90 Å². The Hall–Kier alpha value is -2.68. The van der Waals surface area contributed by atoms with E-state index in [1.54, 1.807) is 6.07 Å². The Kier molecular flexibility index (Phi) is 8.29. The number of carbonyl (C=O) groups is 2. The molecule has 0 aliphatic carbocycles. The molecular weight excluding hydrogens is 462 g/mol. The quantitative estimate of drug-likeness (QED) is 0.557. The average Bonchev–Trinajstić information content (AvgIpc) is 2.80. The fourth-order valence-electron chi connectivity index (χ4n) is 3.82. The number of hydrogen-bond acceptors (Lipinski definition) is 4. The van der Waals surface area contributed by atoms with E-state index in [1.165, 1.54) is 34.6 Å². The molecule has 1 saturated heterocycles. The van der Waals surface area contributed by atoms with Crippen molar-refractivity contribution >= 4 is 33.4 Å². The summed E-state index contributed by atoms with van der Waals surface area (Å²) in [5.41, 5.74) is 1.41. The molecule has 0 spiro atoms. The predicted molar refractivity (Wildman–Crippen MR) is 129 cm³/mol. The molecule has 3 rings (SSSR count). The van der Waals surface area contributed by atoms with Crippen molar-refractivity contribution in [3.8, 4) is 0 Å². The molecule has 0 bridgehead atoms. The van der Waals surface area contributed by atoms with Crippen LogP contribution in [0.5, 0.6) is 0 Å². The number of sulfonamides is 1. The Morgan fingerprint density at radius 2 is 1.94 bits per heavy atom. The second-order valence-electron chi connectivity index (χ2n) is 8.11. The fraction of sp³-hybridized carbons (Fsp3) is 0.333. The van der Waals surface area contributed by atoms with Crippen LogP contribution in [0.4, 0.5) is 0 Å². The molecule has 1 aliphatic heterocycles. The summed E-state index contributed by atoms with van der Waals surface area (Å²) in [6.45, 7) is 6.40. The van der Waals surface area contributed by atoms with E-state index in [9.17, 15) is 18.0 Å². The summed E-state index contributed by atoms with van der Waals surface area (Å²) in [5, 5.41) is 6.34. The molecule has 2 N–H and O–H groups in total. The predicted octanol–water partition coefficient (Wildman–Crippen LogP) is 3.01. The molecule has 2 atom stereocenters. The van der Waals surface area contributed by atoms with Gasteiger partial charge < -0.3 is 10.6 Å². The summed E-state index contributed by atoms with van der Waals surface area (Å²) >= 11 is 5.97. The van der Waals surface area contributed by atoms with E-state index in [1.807, 2.05) is 25.1 Å². The van der Waals surface area contributed by atoms with Crippen LogP contribution in [0.3, 0.4) is 0 Å². The Morgan fingerprint density at radius 1 is 1.21 bits per heavy atom. The number of rotatable bonds is 8. The van der Waals surface area contributed by atoms with Gasteiger partial charge in [0.1, 0.15) is 0 Å². The third kappa shape index (κ3) is 6.43. The normalized spacial score (nSPS) is 19.0. The minimum Gasteiger partial charge on any atom is -0.352 e. The smallest absolute Gasteiger partial charge is 0.251 e. The first-order valence-electron chi connectivity index (χ1n) is 10.8. The lowest BCUT2D eigenvalue weighted by molar-refractivity contribution is -0.117.